The molecule has 1 aromatic heterocycles. The van der Waals surface area contributed by atoms with Gasteiger partial charge >= 0.3 is 0 Å². The molecule has 0 radical (unpaired) electrons. The molecule has 1 aliphatic carbocycles. The van der Waals surface area contributed by atoms with Crippen LogP contribution in [0.15, 0.2) is 0 Å². The average Bonchev–Trinajstić information content (AvgIpc) is 2.91. The van der Waals surface area contributed by atoms with Crippen LogP contribution < -0.4 is 5.32 Å². The van der Waals surface area contributed by atoms with Crippen molar-refractivity contribution >= 4 is 17.4 Å². The zero-order chi connectivity index (χ0) is 13.1. The molecule has 0 spiro atoms. The highest BCUT2D eigenvalue weighted by Gasteiger charge is 2.17. The van der Waals surface area contributed by atoms with Crippen LogP contribution in [0.4, 0.5) is 5.82 Å². The van der Waals surface area contributed by atoms with E-state index in [-0.39, 0.29) is 0 Å². The van der Waals surface area contributed by atoms with Gasteiger partial charge < -0.3 is 10.2 Å². The quantitative estimate of drug-likeness (QED) is 0.861. The van der Waals surface area contributed by atoms with Gasteiger partial charge in [0, 0.05) is 18.7 Å². The fraction of sp³-hybridized carbons (Fsp3) is 0.714. The van der Waals surface area contributed by atoms with Crippen LogP contribution in [0, 0.1) is 0 Å². The largest absolute Gasteiger partial charge is 0.368 e. The molecule has 2 aliphatic rings. The van der Waals surface area contributed by atoms with E-state index in [9.17, 15) is 0 Å². The summed E-state index contributed by atoms with van der Waals surface area (Å²) in [7, 11) is 0. The van der Waals surface area contributed by atoms with Gasteiger partial charge in [-0.15, -0.1) is 0 Å². The Balaban J connectivity index is 1.64. The van der Waals surface area contributed by atoms with Crippen molar-refractivity contribution in [2.45, 2.75) is 38.5 Å². The number of hydrogen-bond donors (Lipinski definition) is 1. The molecule has 1 fully saturated rings. The van der Waals surface area contributed by atoms with E-state index in [1.54, 1.807) is 0 Å². The van der Waals surface area contributed by atoms with Gasteiger partial charge in [-0.25, -0.2) is 9.97 Å². The van der Waals surface area contributed by atoms with Gasteiger partial charge in [-0.3, -0.25) is 0 Å². The SMILES string of the molecule is Clc1nc2c(c(NCCN3CCCC3)n1)CCCC2. The maximum absolute atomic E-state index is 6.02. The summed E-state index contributed by atoms with van der Waals surface area (Å²) in [6, 6.07) is 0. The smallest absolute Gasteiger partial charge is 0.224 e. The van der Waals surface area contributed by atoms with Crippen molar-refractivity contribution < 1.29 is 0 Å². The highest BCUT2D eigenvalue weighted by atomic mass is 35.5. The molecule has 1 aliphatic heterocycles. The zero-order valence-electron chi connectivity index (χ0n) is 11.3. The lowest BCUT2D eigenvalue weighted by Gasteiger charge is -2.20. The molecule has 1 aromatic rings. The van der Waals surface area contributed by atoms with Crippen molar-refractivity contribution in [1.29, 1.82) is 0 Å². The van der Waals surface area contributed by atoms with E-state index in [1.165, 1.54) is 44.3 Å². The lowest BCUT2D eigenvalue weighted by Crippen LogP contribution is -2.26. The molecule has 0 aromatic carbocycles. The van der Waals surface area contributed by atoms with Crippen LogP contribution in [-0.2, 0) is 12.8 Å². The molecule has 104 valence electrons. The number of nitrogens with one attached hydrogen (secondary N) is 1. The van der Waals surface area contributed by atoms with Crippen molar-refractivity contribution in [3.63, 3.8) is 0 Å². The minimum absolute atomic E-state index is 0.379. The predicted molar refractivity (Wildman–Crippen MR) is 77.8 cm³/mol. The second-order valence-corrected chi connectivity index (χ2v) is 5.79. The van der Waals surface area contributed by atoms with Gasteiger partial charge in [0.15, 0.2) is 0 Å². The summed E-state index contributed by atoms with van der Waals surface area (Å²) in [5, 5.41) is 3.84. The van der Waals surface area contributed by atoms with Crippen molar-refractivity contribution in [3.05, 3.63) is 16.5 Å². The first kappa shape index (κ1) is 13.1. The van der Waals surface area contributed by atoms with Crippen LogP contribution >= 0.6 is 11.6 Å². The molecule has 1 N–H and O–H groups in total. The summed E-state index contributed by atoms with van der Waals surface area (Å²) in [6.45, 7) is 4.52. The minimum Gasteiger partial charge on any atom is -0.368 e. The maximum atomic E-state index is 6.02. The number of aryl methyl sites for hydroxylation is 1. The van der Waals surface area contributed by atoms with Gasteiger partial charge in [-0.1, -0.05) is 0 Å². The number of nitrogens with zero attached hydrogens (tertiary/aromatic N) is 3. The van der Waals surface area contributed by atoms with E-state index in [2.05, 4.69) is 20.2 Å². The highest BCUT2D eigenvalue weighted by molar-refractivity contribution is 6.28. The van der Waals surface area contributed by atoms with E-state index >= 15 is 0 Å². The summed E-state index contributed by atoms with van der Waals surface area (Å²) in [5.74, 6) is 0.967. The summed E-state index contributed by atoms with van der Waals surface area (Å²) >= 11 is 6.02. The van der Waals surface area contributed by atoms with Gasteiger partial charge in [0.25, 0.3) is 0 Å². The third kappa shape index (κ3) is 3.18. The fourth-order valence-corrected chi connectivity index (χ4v) is 3.24. The molecule has 0 bridgehead atoms. The summed E-state index contributed by atoms with van der Waals surface area (Å²) in [5.41, 5.74) is 2.44. The summed E-state index contributed by atoms with van der Waals surface area (Å²) < 4.78 is 0. The lowest BCUT2D eigenvalue weighted by atomic mass is 9.96. The third-order valence-electron chi connectivity index (χ3n) is 4.07. The molecule has 2 heterocycles. The number of halogens is 1. The first-order valence-electron chi connectivity index (χ1n) is 7.34. The van der Waals surface area contributed by atoms with Gasteiger partial charge in [0.1, 0.15) is 5.82 Å². The van der Waals surface area contributed by atoms with Crippen LogP contribution in [0.25, 0.3) is 0 Å². The average molecular weight is 281 g/mol. The monoisotopic (exact) mass is 280 g/mol. The van der Waals surface area contributed by atoms with Crippen LogP contribution in [0.1, 0.15) is 36.9 Å². The molecule has 0 unspecified atom stereocenters. The number of likely N-dealkylation sites (tertiary alicyclic amines) is 1. The molecular formula is C14H21ClN4. The molecule has 3 rings (SSSR count). The van der Waals surface area contributed by atoms with Crippen LogP contribution in [-0.4, -0.2) is 41.0 Å². The van der Waals surface area contributed by atoms with E-state index < -0.39 is 0 Å². The lowest BCUT2D eigenvalue weighted by molar-refractivity contribution is 0.352. The predicted octanol–water partition coefficient (Wildman–Crippen LogP) is 2.52. The molecule has 4 nitrogen and oxygen atoms in total. The molecule has 0 saturated carbocycles. The third-order valence-corrected chi connectivity index (χ3v) is 4.24. The Morgan fingerprint density at radius 3 is 2.68 bits per heavy atom. The van der Waals surface area contributed by atoms with E-state index in [0.717, 1.165) is 37.4 Å². The van der Waals surface area contributed by atoms with Gasteiger partial charge in [0.05, 0.1) is 5.69 Å². The van der Waals surface area contributed by atoms with Crippen molar-refractivity contribution in [3.8, 4) is 0 Å². The first-order valence-corrected chi connectivity index (χ1v) is 7.72. The molecule has 19 heavy (non-hydrogen) atoms. The normalized spacial score (nSPS) is 19.4. The van der Waals surface area contributed by atoms with Crippen molar-refractivity contribution in [1.82, 2.24) is 14.9 Å². The summed E-state index contributed by atoms with van der Waals surface area (Å²) in [4.78, 5) is 11.2. The maximum Gasteiger partial charge on any atom is 0.224 e. The Morgan fingerprint density at radius 1 is 1.05 bits per heavy atom. The standard InChI is InChI=1S/C14H21ClN4/c15-14-17-12-6-2-1-5-11(12)13(18-14)16-7-10-19-8-3-4-9-19/h1-10H2,(H,16,17,18). The van der Waals surface area contributed by atoms with E-state index in [1.807, 2.05) is 0 Å². The number of anilines is 1. The Kier molecular flexibility index (Phi) is 4.18. The summed E-state index contributed by atoms with van der Waals surface area (Å²) in [6.07, 6.45) is 7.26. The fourth-order valence-electron chi connectivity index (χ4n) is 3.05. The Bertz CT molecular complexity index is 443. The van der Waals surface area contributed by atoms with Crippen LogP contribution in [0.5, 0.6) is 0 Å². The van der Waals surface area contributed by atoms with Gasteiger partial charge in [-0.2, -0.15) is 0 Å². The van der Waals surface area contributed by atoms with Crippen LogP contribution in [0.2, 0.25) is 5.28 Å². The molecule has 0 atom stereocenters. The molecule has 0 amide bonds. The first-order chi connectivity index (χ1) is 9.33. The van der Waals surface area contributed by atoms with Crippen molar-refractivity contribution in [2.24, 2.45) is 0 Å². The van der Waals surface area contributed by atoms with Gasteiger partial charge in [0.2, 0.25) is 5.28 Å². The topological polar surface area (TPSA) is 41.1 Å². The minimum atomic E-state index is 0.379. The van der Waals surface area contributed by atoms with Gasteiger partial charge in [-0.05, 0) is 63.2 Å². The molecule has 1 saturated heterocycles. The number of hydrogen-bond acceptors (Lipinski definition) is 4. The highest BCUT2D eigenvalue weighted by Crippen LogP contribution is 2.26. The molecule has 5 heteroatoms. The Labute approximate surface area is 119 Å². The second kappa shape index (κ2) is 6.06. The Morgan fingerprint density at radius 2 is 1.84 bits per heavy atom. The van der Waals surface area contributed by atoms with Crippen molar-refractivity contribution in [2.75, 3.05) is 31.5 Å². The van der Waals surface area contributed by atoms with E-state index in [4.69, 9.17) is 11.6 Å². The number of fused-ring (bicyclic) bond motifs is 1. The molecular weight excluding hydrogens is 260 g/mol. The van der Waals surface area contributed by atoms with E-state index in [0.29, 0.717) is 5.28 Å². The number of rotatable bonds is 4. The Hall–Kier alpha value is -0.870. The van der Waals surface area contributed by atoms with Crippen LogP contribution in [0.3, 0.4) is 0 Å². The second-order valence-electron chi connectivity index (χ2n) is 5.45. The number of aromatic nitrogens is 2. The zero-order valence-corrected chi connectivity index (χ0v) is 12.0.